The summed E-state index contributed by atoms with van der Waals surface area (Å²) in [4.78, 5) is 2.54. The molecule has 1 heterocycles. The van der Waals surface area contributed by atoms with Crippen molar-refractivity contribution in [2.45, 2.75) is 32.1 Å². The molecule has 1 atom stereocenters. The van der Waals surface area contributed by atoms with Crippen LogP contribution >= 0.6 is 0 Å². The fourth-order valence-electron chi connectivity index (χ4n) is 2.40. The first kappa shape index (κ1) is 9.47. The van der Waals surface area contributed by atoms with Crippen LogP contribution in [0.1, 0.15) is 32.1 Å². The number of aliphatic hydroxyl groups is 1. The van der Waals surface area contributed by atoms with Crippen LogP contribution in [0.3, 0.4) is 0 Å². The zero-order chi connectivity index (χ0) is 9.10. The third-order valence-electron chi connectivity index (χ3n) is 3.46. The van der Waals surface area contributed by atoms with E-state index in [4.69, 9.17) is 0 Å². The van der Waals surface area contributed by atoms with E-state index in [1.807, 2.05) is 0 Å². The molecule has 1 saturated heterocycles. The zero-order valence-electron chi connectivity index (χ0n) is 8.41. The van der Waals surface area contributed by atoms with Gasteiger partial charge in [0, 0.05) is 13.2 Å². The number of likely N-dealkylation sites (tertiary alicyclic amines) is 1. The molecule has 2 rings (SSSR count). The van der Waals surface area contributed by atoms with Gasteiger partial charge >= 0.3 is 0 Å². The maximum atomic E-state index is 9.24. The second-order valence-corrected chi connectivity index (χ2v) is 4.64. The highest BCUT2D eigenvalue weighted by molar-refractivity contribution is 4.83. The van der Waals surface area contributed by atoms with Crippen molar-refractivity contribution in [1.29, 1.82) is 0 Å². The smallest absolute Gasteiger partial charge is 0.0474 e. The van der Waals surface area contributed by atoms with Crippen molar-refractivity contribution in [3.05, 3.63) is 0 Å². The van der Waals surface area contributed by atoms with Crippen LogP contribution in [0.2, 0.25) is 0 Å². The van der Waals surface area contributed by atoms with Gasteiger partial charge in [-0.3, -0.25) is 0 Å². The topological polar surface area (TPSA) is 23.5 Å². The van der Waals surface area contributed by atoms with Gasteiger partial charge in [0.2, 0.25) is 0 Å². The summed E-state index contributed by atoms with van der Waals surface area (Å²) in [6, 6.07) is 0. The standard InChI is InChI=1S/C11H21NO/c13-9-11(10-4-5-10)8-12-6-2-1-3-7-12/h10-11,13H,1-9H2. The second-order valence-electron chi connectivity index (χ2n) is 4.64. The Labute approximate surface area is 80.9 Å². The number of rotatable bonds is 4. The van der Waals surface area contributed by atoms with Gasteiger partial charge in [-0.05, 0) is 50.6 Å². The van der Waals surface area contributed by atoms with E-state index in [0.29, 0.717) is 12.5 Å². The number of nitrogens with zero attached hydrogens (tertiary/aromatic N) is 1. The number of hydrogen-bond donors (Lipinski definition) is 1. The van der Waals surface area contributed by atoms with Crippen molar-refractivity contribution in [3.8, 4) is 0 Å². The number of hydrogen-bond acceptors (Lipinski definition) is 2. The Morgan fingerprint density at radius 2 is 1.85 bits per heavy atom. The summed E-state index contributed by atoms with van der Waals surface area (Å²) < 4.78 is 0. The van der Waals surface area contributed by atoms with E-state index in [-0.39, 0.29) is 0 Å². The molecule has 13 heavy (non-hydrogen) atoms. The average molecular weight is 183 g/mol. The maximum absolute atomic E-state index is 9.24. The van der Waals surface area contributed by atoms with E-state index in [0.717, 1.165) is 12.5 Å². The molecule has 0 spiro atoms. The minimum atomic E-state index is 0.404. The minimum Gasteiger partial charge on any atom is -0.396 e. The van der Waals surface area contributed by atoms with Gasteiger partial charge < -0.3 is 10.0 Å². The SMILES string of the molecule is OCC(CN1CCCCC1)C1CC1. The largest absolute Gasteiger partial charge is 0.396 e. The van der Waals surface area contributed by atoms with Crippen LogP contribution in [-0.2, 0) is 0 Å². The molecule has 1 N–H and O–H groups in total. The molecule has 2 nitrogen and oxygen atoms in total. The first-order valence-electron chi connectivity index (χ1n) is 5.73. The van der Waals surface area contributed by atoms with Crippen molar-refractivity contribution in [2.75, 3.05) is 26.2 Å². The van der Waals surface area contributed by atoms with Gasteiger partial charge in [-0.15, -0.1) is 0 Å². The van der Waals surface area contributed by atoms with Gasteiger partial charge in [-0.25, -0.2) is 0 Å². The lowest BCUT2D eigenvalue weighted by atomic mass is 10.0. The summed E-state index contributed by atoms with van der Waals surface area (Å²) in [7, 11) is 0. The lowest BCUT2D eigenvalue weighted by Gasteiger charge is -2.29. The monoisotopic (exact) mass is 183 g/mol. The molecule has 1 aliphatic heterocycles. The summed E-state index contributed by atoms with van der Waals surface area (Å²) in [6.45, 7) is 4.09. The Balaban J connectivity index is 1.73. The van der Waals surface area contributed by atoms with Crippen molar-refractivity contribution in [2.24, 2.45) is 11.8 Å². The lowest BCUT2D eigenvalue weighted by molar-refractivity contribution is 0.135. The third-order valence-corrected chi connectivity index (χ3v) is 3.46. The zero-order valence-corrected chi connectivity index (χ0v) is 8.41. The van der Waals surface area contributed by atoms with Crippen LogP contribution in [-0.4, -0.2) is 36.2 Å². The van der Waals surface area contributed by atoms with E-state index in [9.17, 15) is 5.11 Å². The highest BCUT2D eigenvalue weighted by atomic mass is 16.3. The van der Waals surface area contributed by atoms with E-state index in [2.05, 4.69) is 4.90 Å². The molecule has 2 fully saturated rings. The number of aliphatic hydroxyl groups excluding tert-OH is 1. The van der Waals surface area contributed by atoms with E-state index < -0.39 is 0 Å². The Morgan fingerprint density at radius 1 is 1.15 bits per heavy atom. The van der Waals surface area contributed by atoms with Gasteiger partial charge in [0.1, 0.15) is 0 Å². The summed E-state index contributed by atoms with van der Waals surface area (Å²) in [5.41, 5.74) is 0. The van der Waals surface area contributed by atoms with Crippen LogP contribution in [0, 0.1) is 11.8 Å². The fraction of sp³-hybridized carbons (Fsp3) is 1.00. The number of piperidine rings is 1. The minimum absolute atomic E-state index is 0.404. The van der Waals surface area contributed by atoms with Crippen molar-refractivity contribution >= 4 is 0 Å². The highest BCUT2D eigenvalue weighted by Gasteiger charge is 2.31. The predicted molar refractivity (Wildman–Crippen MR) is 53.6 cm³/mol. The molecule has 1 saturated carbocycles. The predicted octanol–water partition coefficient (Wildman–Crippen LogP) is 1.49. The molecule has 2 heteroatoms. The molecule has 0 amide bonds. The van der Waals surface area contributed by atoms with Crippen LogP contribution in [0.15, 0.2) is 0 Å². The molecule has 0 aromatic rings. The van der Waals surface area contributed by atoms with Crippen LogP contribution in [0.4, 0.5) is 0 Å². The molecule has 0 aromatic heterocycles. The first-order chi connectivity index (χ1) is 6.40. The molecule has 2 aliphatic rings. The molecule has 76 valence electrons. The van der Waals surface area contributed by atoms with E-state index in [1.54, 1.807) is 0 Å². The summed E-state index contributed by atoms with van der Waals surface area (Å²) >= 11 is 0. The van der Waals surface area contributed by atoms with E-state index >= 15 is 0 Å². The van der Waals surface area contributed by atoms with Crippen LogP contribution in [0.25, 0.3) is 0 Å². The van der Waals surface area contributed by atoms with Gasteiger partial charge in [0.25, 0.3) is 0 Å². The third kappa shape index (κ3) is 2.68. The molecule has 1 unspecified atom stereocenters. The lowest BCUT2D eigenvalue weighted by Crippen LogP contribution is -2.35. The van der Waals surface area contributed by atoms with Gasteiger partial charge in [-0.2, -0.15) is 0 Å². The average Bonchev–Trinajstić information content (AvgIpc) is 2.99. The van der Waals surface area contributed by atoms with Crippen LogP contribution < -0.4 is 0 Å². The van der Waals surface area contributed by atoms with Gasteiger partial charge in [0.05, 0.1) is 0 Å². The second kappa shape index (κ2) is 4.43. The molecule has 0 radical (unpaired) electrons. The van der Waals surface area contributed by atoms with Gasteiger partial charge in [0.15, 0.2) is 0 Å². The highest BCUT2D eigenvalue weighted by Crippen LogP contribution is 2.37. The first-order valence-corrected chi connectivity index (χ1v) is 5.73. The van der Waals surface area contributed by atoms with Crippen molar-refractivity contribution in [3.63, 3.8) is 0 Å². The molecular formula is C11H21NO. The fourth-order valence-corrected chi connectivity index (χ4v) is 2.40. The molecule has 0 aromatic carbocycles. The van der Waals surface area contributed by atoms with E-state index in [1.165, 1.54) is 45.2 Å². The summed E-state index contributed by atoms with van der Waals surface area (Å²) in [5.74, 6) is 1.44. The molecule has 0 bridgehead atoms. The molecular weight excluding hydrogens is 162 g/mol. The summed E-state index contributed by atoms with van der Waals surface area (Å²) in [5, 5.41) is 9.24. The van der Waals surface area contributed by atoms with Crippen molar-refractivity contribution in [1.82, 2.24) is 4.90 Å². The Kier molecular flexibility index (Phi) is 3.23. The Hall–Kier alpha value is -0.0800. The molecule has 1 aliphatic carbocycles. The van der Waals surface area contributed by atoms with Crippen LogP contribution in [0.5, 0.6) is 0 Å². The quantitative estimate of drug-likeness (QED) is 0.714. The van der Waals surface area contributed by atoms with Gasteiger partial charge in [-0.1, -0.05) is 6.42 Å². The summed E-state index contributed by atoms with van der Waals surface area (Å²) in [6.07, 6.45) is 6.85. The normalized spacial score (nSPS) is 27.5. The van der Waals surface area contributed by atoms with Crippen molar-refractivity contribution < 1.29 is 5.11 Å². The maximum Gasteiger partial charge on any atom is 0.0474 e. The Morgan fingerprint density at radius 3 is 2.38 bits per heavy atom. The Bertz CT molecular complexity index is 150.